The van der Waals surface area contributed by atoms with Crippen molar-refractivity contribution in [3.8, 4) is 0 Å². The molecule has 1 aromatic carbocycles. The molecule has 0 N–H and O–H groups in total. The summed E-state index contributed by atoms with van der Waals surface area (Å²) in [5.41, 5.74) is 1.71. The predicted octanol–water partition coefficient (Wildman–Crippen LogP) is 4.27. The van der Waals surface area contributed by atoms with Gasteiger partial charge in [0.15, 0.2) is 0 Å². The van der Waals surface area contributed by atoms with Gasteiger partial charge in [0.1, 0.15) is 5.82 Å². The van der Waals surface area contributed by atoms with E-state index in [9.17, 15) is 0 Å². The van der Waals surface area contributed by atoms with Gasteiger partial charge in [-0.15, -0.1) is 0 Å². The summed E-state index contributed by atoms with van der Waals surface area (Å²) in [5, 5.41) is 0. The van der Waals surface area contributed by atoms with Gasteiger partial charge in [-0.1, -0.05) is 53.9 Å². The number of para-hydroxylation sites is 2. The molecule has 0 aliphatic rings. The molecule has 1 aromatic heterocycles. The molecule has 0 fully saturated rings. The topological polar surface area (TPSA) is 17.8 Å². The second-order valence-electron chi connectivity index (χ2n) is 3.57. The number of alkyl halides is 3. The molecule has 2 nitrogen and oxygen atoms in total. The third-order valence-electron chi connectivity index (χ3n) is 2.36. The molecule has 0 bridgehead atoms. The number of fused-ring (bicyclic) bond motifs is 1. The van der Waals surface area contributed by atoms with Crippen molar-refractivity contribution in [2.75, 3.05) is 0 Å². The third-order valence-corrected chi connectivity index (χ3v) is 2.86. The van der Waals surface area contributed by atoms with Gasteiger partial charge in [-0.3, -0.25) is 4.57 Å². The fourth-order valence-electron chi connectivity index (χ4n) is 1.75. The number of nitrogens with zero attached hydrogens (tertiary/aromatic N) is 2. The summed E-state index contributed by atoms with van der Waals surface area (Å²) in [5.74, 6) is 0.809. The van der Waals surface area contributed by atoms with Gasteiger partial charge in [-0.05, 0) is 18.6 Å². The highest BCUT2D eigenvalue weighted by Gasteiger charge is 2.27. The maximum absolute atomic E-state index is 5.97. The number of benzene rings is 1. The SMILES string of the molecule is CCCc1nc2ccccc2n1C(Cl)(Cl)Cl. The fraction of sp³-hybridized carbons (Fsp3) is 0.364. The number of aryl methyl sites for hydroxylation is 1. The maximum Gasteiger partial charge on any atom is 0.273 e. The monoisotopic (exact) mass is 276 g/mol. The molecule has 0 aliphatic heterocycles. The van der Waals surface area contributed by atoms with Crippen LogP contribution in [0.3, 0.4) is 0 Å². The quantitative estimate of drug-likeness (QED) is 0.750. The minimum Gasteiger partial charge on any atom is -0.282 e. The van der Waals surface area contributed by atoms with Crippen molar-refractivity contribution in [2.45, 2.75) is 23.7 Å². The minimum atomic E-state index is -1.49. The molecular weight excluding hydrogens is 266 g/mol. The molecule has 0 spiro atoms. The molecule has 0 unspecified atom stereocenters. The second kappa shape index (κ2) is 4.44. The summed E-state index contributed by atoms with van der Waals surface area (Å²) in [7, 11) is 0. The fourth-order valence-corrected chi connectivity index (χ4v) is 2.32. The summed E-state index contributed by atoms with van der Waals surface area (Å²) in [6.45, 7) is 2.07. The molecule has 0 saturated heterocycles. The van der Waals surface area contributed by atoms with Crippen LogP contribution in [-0.4, -0.2) is 9.55 Å². The van der Waals surface area contributed by atoms with Gasteiger partial charge >= 0.3 is 0 Å². The van der Waals surface area contributed by atoms with Crippen LogP contribution in [-0.2, 0) is 10.3 Å². The zero-order chi connectivity index (χ0) is 11.8. The largest absolute Gasteiger partial charge is 0.282 e. The van der Waals surface area contributed by atoms with E-state index in [0.717, 1.165) is 29.7 Å². The summed E-state index contributed by atoms with van der Waals surface area (Å²) >= 11 is 17.9. The van der Waals surface area contributed by atoms with E-state index in [4.69, 9.17) is 34.8 Å². The van der Waals surface area contributed by atoms with Gasteiger partial charge in [-0.2, -0.15) is 0 Å². The normalized spacial score (nSPS) is 12.2. The molecule has 1 heterocycles. The van der Waals surface area contributed by atoms with E-state index in [1.165, 1.54) is 0 Å². The zero-order valence-electron chi connectivity index (χ0n) is 8.75. The van der Waals surface area contributed by atoms with Crippen molar-refractivity contribution >= 4 is 45.8 Å². The molecule has 5 heteroatoms. The van der Waals surface area contributed by atoms with Gasteiger partial charge in [0.25, 0.3) is 3.92 Å². The van der Waals surface area contributed by atoms with Crippen LogP contribution >= 0.6 is 34.8 Å². The van der Waals surface area contributed by atoms with Crippen molar-refractivity contribution in [3.63, 3.8) is 0 Å². The van der Waals surface area contributed by atoms with Crippen LogP contribution in [0, 0.1) is 0 Å². The van der Waals surface area contributed by atoms with Crippen LogP contribution < -0.4 is 0 Å². The Balaban J connectivity index is 2.69. The van der Waals surface area contributed by atoms with Crippen LogP contribution in [0.4, 0.5) is 0 Å². The van der Waals surface area contributed by atoms with E-state index in [1.807, 2.05) is 24.3 Å². The molecule has 16 heavy (non-hydrogen) atoms. The van der Waals surface area contributed by atoms with Gasteiger partial charge in [0, 0.05) is 6.42 Å². The Bertz CT molecular complexity index is 499. The van der Waals surface area contributed by atoms with E-state index in [-0.39, 0.29) is 0 Å². The number of aromatic nitrogens is 2. The number of hydrogen-bond acceptors (Lipinski definition) is 1. The molecule has 0 saturated carbocycles. The molecule has 0 aliphatic carbocycles. The summed E-state index contributed by atoms with van der Waals surface area (Å²) < 4.78 is 0.178. The molecule has 0 amide bonds. The summed E-state index contributed by atoms with van der Waals surface area (Å²) in [6.07, 6.45) is 1.76. The number of halogens is 3. The first-order valence-corrected chi connectivity index (χ1v) is 6.21. The minimum absolute atomic E-state index is 0.794. The molecular formula is C11H11Cl3N2. The molecule has 2 aromatic rings. The van der Waals surface area contributed by atoms with Crippen LogP contribution in [0.5, 0.6) is 0 Å². The molecule has 0 radical (unpaired) electrons. The number of imidazole rings is 1. The van der Waals surface area contributed by atoms with Crippen LogP contribution in [0.1, 0.15) is 19.2 Å². The number of rotatable bonds is 2. The van der Waals surface area contributed by atoms with E-state index in [2.05, 4.69) is 11.9 Å². The van der Waals surface area contributed by atoms with E-state index in [1.54, 1.807) is 4.57 Å². The molecule has 2 rings (SSSR count). The predicted molar refractivity (Wildman–Crippen MR) is 69.3 cm³/mol. The highest BCUT2D eigenvalue weighted by molar-refractivity contribution is 6.64. The Morgan fingerprint density at radius 3 is 2.56 bits per heavy atom. The van der Waals surface area contributed by atoms with E-state index >= 15 is 0 Å². The van der Waals surface area contributed by atoms with Crippen LogP contribution in [0.25, 0.3) is 11.0 Å². The van der Waals surface area contributed by atoms with Crippen molar-refractivity contribution < 1.29 is 0 Å². The van der Waals surface area contributed by atoms with Gasteiger partial charge in [0.05, 0.1) is 11.0 Å². The highest BCUT2D eigenvalue weighted by atomic mass is 35.6. The van der Waals surface area contributed by atoms with Gasteiger partial charge < -0.3 is 0 Å². The lowest BCUT2D eigenvalue weighted by atomic mass is 10.3. The summed E-state index contributed by atoms with van der Waals surface area (Å²) in [6, 6.07) is 7.66. The lowest BCUT2D eigenvalue weighted by Crippen LogP contribution is -2.15. The first-order valence-electron chi connectivity index (χ1n) is 5.07. The third kappa shape index (κ3) is 2.15. The zero-order valence-corrected chi connectivity index (χ0v) is 11.0. The Hall–Kier alpha value is -0.440. The van der Waals surface area contributed by atoms with Crippen LogP contribution in [0.2, 0.25) is 0 Å². The lowest BCUT2D eigenvalue weighted by molar-refractivity contribution is 0.713. The Kier molecular flexibility index (Phi) is 3.34. The Labute approximate surface area is 109 Å². The maximum atomic E-state index is 5.97. The van der Waals surface area contributed by atoms with Crippen molar-refractivity contribution in [3.05, 3.63) is 30.1 Å². The van der Waals surface area contributed by atoms with Gasteiger partial charge in [-0.25, -0.2) is 4.98 Å². The van der Waals surface area contributed by atoms with Crippen molar-refractivity contribution in [1.29, 1.82) is 0 Å². The van der Waals surface area contributed by atoms with E-state index < -0.39 is 3.92 Å². The van der Waals surface area contributed by atoms with E-state index in [0.29, 0.717) is 0 Å². The Morgan fingerprint density at radius 2 is 1.94 bits per heavy atom. The summed E-state index contributed by atoms with van der Waals surface area (Å²) in [4.78, 5) is 4.48. The van der Waals surface area contributed by atoms with Crippen molar-refractivity contribution in [1.82, 2.24) is 9.55 Å². The highest BCUT2D eigenvalue weighted by Crippen LogP contribution is 2.37. The average Bonchev–Trinajstić information content (AvgIpc) is 2.55. The van der Waals surface area contributed by atoms with Crippen molar-refractivity contribution in [2.24, 2.45) is 0 Å². The second-order valence-corrected chi connectivity index (χ2v) is 5.79. The van der Waals surface area contributed by atoms with Crippen LogP contribution in [0.15, 0.2) is 24.3 Å². The standard InChI is InChI=1S/C11H11Cl3N2/c1-2-5-10-15-8-6-3-4-7-9(8)16(10)11(12,13)14/h3-4,6-7H,2,5H2,1H3. The van der Waals surface area contributed by atoms with Gasteiger partial charge in [0.2, 0.25) is 0 Å². The number of hydrogen-bond donors (Lipinski definition) is 0. The first kappa shape index (κ1) is 12.0. The smallest absolute Gasteiger partial charge is 0.273 e. The molecule has 0 atom stereocenters. The lowest BCUT2D eigenvalue weighted by Gasteiger charge is -2.16. The average molecular weight is 278 g/mol. The Morgan fingerprint density at radius 1 is 1.25 bits per heavy atom. The first-order chi connectivity index (χ1) is 7.54. The molecule has 86 valence electrons.